The van der Waals surface area contributed by atoms with E-state index in [0.717, 1.165) is 44.9 Å². The Labute approximate surface area is 494 Å². The minimum absolute atomic E-state index is 0.0127. The molecule has 0 radical (unpaired) electrons. The van der Waals surface area contributed by atoms with Crippen molar-refractivity contribution in [1.82, 2.24) is 5.32 Å². The highest BCUT2D eigenvalue weighted by Crippen LogP contribution is 2.19. The first-order valence-electron chi connectivity index (χ1n) is 36.1. The van der Waals surface area contributed by atoms with Gasteiger partial charge in [-0.05, 0) is 57.8 Å². The largest absolute Gasteiger partial charge is 0.466 e. The molecule has 0 rings (SSSR count). The number of aliphatic hydroxyl groups is 2. The van der Waals surface area contributed by atoms with Crippen molar-refractivity contribution in [1.29, 1.82) is 0 Å². The summed E-state index contributed by atoms with van der Waals surface area (Å²) in [5, 5.41) is 23.2. The highest BCUT2D eigenvalue weighted by Gasteiger charge is 2.18. The van der Waals surface area contributed by atoms with Crippen LogP contribution in [0.15, 0.2) is 24.3 Å². The van der Waals surface area contributed by atoms with E-state index in [9.17, 15) is 19.8 Å². The molecule has 0 aliphatic heterocycles. The summed E-state index contributed by atoms with van der Waals surface area (Å²) in [5.41, 5.74) is 0. The Bertz CT molecular complexity index is 1230. The van der Waals surface area contributed by atoms with Gasteiger partial charge < -0.3 is 20.3 Å². The molecule has 2 unspecified atom stereocenters. The van der Waals surface area contributed by atoms with Crippen LogP contribution in [0.25, 0.3) is 0 Å². The molecule has 6 heteroatoms. The van der Waals surface area contributed by atoms with Gasteiger partial charge in [-0.1, -0.05) is 359 Å². The summed E-state index contributed by atoms with van der Waals surface area (Å²) in [6.07, 6.45) is 87.1. The SMILES string of the molecule is CCCCC/C=C\CCCCCCCC(=O)OCCCCCCCCCCCCCCCCCCCCCCCCCCCCCCCCCCCCCC(=O)NC(CO)C(O)/C=C/CCCCCCCCCCCCCCC. The molecule has 0 aromatic carbocycles. The zero-order valence-corrected chi connectivity index (χ0v) is 53.6. The molecule has 0 saturated heterocycles. The second-order valence-electron chi connectivity index (χ2n) is 24.9. The second-order valence-corrected chi connectivity index (χ2v) is 24.9. The van der Waals surface area contributed by atoms with Crippen molar-refractivity contribution in [3.63, 3.8) is 0 Å². The molecule has 0 aromatic heterocycles. The lowest BCUT2D eigenvalue weighted by Crippen LogP contribution is -2.45. The van der Waals surface area contributed by atoms with E-state index in [0.29, 0.717) is 19.4 Å². The van der Waals surface area contributed by atoms with Gasteiger partial charge in [-0.3, -0.25) is 9.59 Å². The Morgan fingerprint density at radius 1 is 0.342 bits per heavy atom. The lowest BCUT2D eigenvalue weighted by atomic mass is 10.0. The highest BCUT2D eigenvalue weighted by atomic mass is 16.5. The Hall–Kier alpha value is -1.66. The van der Waals surface area contributed by atoms with Gasteiger partial charge in [0, 0.05) is 12.8 Å². The minimum atomic E-state index is -0.840. The van der Waals surface area contributed by atoms with Crippen LogP contribution >= 0.6 is 0 Å². The first kappa shape index (κ1) is 77.3. The van der Waals surface area contributed by atoms with E-state index in [-0.39, 0.29) is 18.5 Å². The molecule has 0 bridgehead atoms. The summed E-state index contributed by atoms with van der Waals surface area (Å²) < 4.78 is 5.48. The topological polar surface area (TPSA) is 95.9 Å². The zero-order chi connectivity index (χ0) is 57.1. The van der Waals surface area contributed by atoms with Gasteiger partial charge in [0.15, 0.2) is 0 Å². The molecule has 3 N–H and O–H groups in total. The zero-order valence-electron chi connectivity index (χ0n) is 53.6. The standard InChI is InChI=1S/C73H141NO5/c1-3-5-7-9-11-13-15-17-39-42-45-49-53-57-61-65-71(76)70(69-75)74-72(77)66-62-58-54-50-46-43-40-37-35-33-31-29-27-25-23-21-19-18-20-22-24-26-28-30-32-34-36-38-41-44-48-52-56-60-64-68-79-73(78)67-63-59-55-51-47-16-14-12-10-8-6-4-2/h12,14,61,65,70-71,75-76H,3-11,13,15-60,62-64,66-69H2,1-2H3,(H,74,77)/b14-12-,65-61+. The van der Waals surface area contributed by atoms with Gasteiger partial charge >= 0.3 is 5.97 Å². The molecule has 0 aromatic rings. The molecule has 2 atom stereocenters. The third-order valence-electron chi connectivity index (χ3n) is 17.0. The number of carbonyl (C=O) groups is 2. The summed E-state index contributed by atoms with van der Waals surface area (Å²) >= 11 is 0. The second kappa shape index (κ2) is 68.8. The van der Waals surface area contributed by atoms with Gasteiger partial charge in [0.05, 0.1) is 25.4 Å². The summed E-state index contributed by atoms with van der Waals surface area (Å²) in [6, 6.07) is -0.623. The summed E-state index contributed by atoms with van der Waals surface area (Å²) in [7, 11) is 0. The summed E-state index contributed by atoms with van der Waals surface area (Å²) in [4.78, 5) is 24.5. The predicted octanol–water partition coefficient (Wildman–Crippen LogP) is 23.3. The Balaban J connectivity index is 3.32. The number of hydrogen-bond acceptors (Lipinski definition) is 5. The van der Waals surface area contributed by atoms with Crippen LogP contribution in [0, 0.1) is 0 Å². The van der Waals surface area contributed by atoms with Crippen molar-refractivity contribution in [3.8, 4) is 0 Å². The number of allylic oxidation sites excluding steroid dienone is 3. The van der Waals surface area contributed by atoms with Crippen molar-refractivity contribution in [2.24, 2.45) is 0 Å². The number of unbranched alkanes of at least 4 members (excludes halogenated alkanes) is 55. The molecule has 0 aliphatic rings. The van der Waals surface area contributed by atoms with E-state index in [4.69, 9.17) is 4.74 Å². The lowest BCUT2D eigenvalue weighted by molar-refractivity contribution is -0.143. The average molecular weight is 1110 g/mol. The fraction of sp³-hybridized carbons (Fsp3) is 0.918. The number of esters is 1. The minimum Gasteiger partial charge on any atom is -0.466 e. The lowest BCUT2D eigenvalue weighted by Gasteiger charge is -2.20. The number of amides is 1. The van der Waals surface area contributed by atoms with Gasteiger partial charge in [-0.15, -0.1) is 0 Å². The molecule has 79 heavy (non-hydrogen) atoms. The summed E-state index contributed by atoms with van der Waals surface area (Å²) in [5.74, 6) is -0.0473. The molecule has 468 valence electrons. The maximum Gasteiger partial charge on any atom is 0.305 e. The molecule has 0 heterocycles. The monoisotopic (exact) mass is 1110 g/mol. The molecule has 1 amide bonds. The number of nitrogens with one attached hydrogen (secondary N) is 1. The van der Waals surface area contributed by atoms with E-state index in [2.05, 4.69) is 31.3 Å². The van der Waals surface area contributed by atoms with Crippen molar-refractivity contribution < 1.29 is 24.5 Å². The maximum atomic E-state index is 12.5. The molecule has 0 saturated carbocycles. The van der Waals surface area contributed by atoms with Gasteiger partial charge in [-0.2, -0.15) is 0 Å². The fourth-order valence-corrected chi connectivity index (χ4v) is 11.5. The Morgan fingerprint density at radius 2 is 0.595 bits per heavy atom. The third-order valence-corrected chi connectivity index (χ3v) is 17.0. The Kier molecular flexibility index (Phi) is 67.4. The van der Waals surface area contributed by atoms with Crippen molar-refractivity contribution in [2.75, 3.05) is 13.2 Å². The van der Waals surface area contributed by atoms with Gasteiger partial charge in [0.25, 0.3) is 0 Å². The van der Waals surface area contributed by atoms with E-state index >= 15 is 0 Å². The van der Waals surface area contributed by atoms with E-state index < -0.39 is 12.1 Å². The van der Waals surface area contributed by atoms with Crippen molar-refractivity contribution in [3.05, 3.63) is 24.3 Å². The number of ether oxygens (including phenoxy) is 1. The molecule has 0 fully saturated rings. The van der Waals surface area contributed by atoms with E-state index in [1.54, 1.807) is 6.08 Å². The maximum absolute atomic E-state index is 12.5. The average Bonchev–Trinajstić information content (AvgIpc) is 3.45. The molecular formula is C73H141NO5. The fourth-order valence-electron chi connectivity index (χ4n) is 11.5. The first-order chi connectivity index (χ1) is 39.0. The number of rotatable bonds is 68. The smallest absolute Gasteiger partial charge is 0.305 e. The van der Waals surface area contributed by atoms with Gasteiger partial charge in [0.2, 0.25) is 5.91 Å². The predicted molar refractivity (Wildman–Crippen MR) is 347 cm³/mol. The third kappa shape index (κ3) is 65.4. The molecule has 0 spiro atoms. The summed E-state index contributed by atoms with van der Waals surface area (Å²) in [6.45, 7) is 4.91. The molecule has 0 aliphatic carbocycles. The van der Waals surface area contributed by atoms with Crippen molar-refractivity contribution in [2.45, 2.75) is 418 Å². The number of aliphatic hydroxyl groups excluding tert-OH is 2. The van der Waals surface area contributed by atoms with Crippen LogP contribution < -0.4 is 5.32 Å². The molecular weight excluding hydrogens is 971 g/mol. The number of carbonyl (C=O) groups excluding carboxylic acids is 2. The van der Waals surface area contributed by atoms with Crippen LogP contribution in [0.1, 0.15) is 406 Å². The van der Waals surface area contributed by atoms with Crippen LogP contribution in [0.2, 0.25) is 0 Å². The van der Waals surface area contributed by atoms with E-state index in [1.807, 2.05) is 6.08 Å². The highest BCUT2D eigenvalue weighted by molar-refractivity contribution is 5.76. The van der Waals surface area contributed by atoms with E-state index in [1.165, 1.54) is 334 Å². The van der Waals surface area contributed by atoms with Crippen molar-refractivity contribution >= 4 is 11.9 Å². The quantitative estimate of drug-likeness (QED) is 0.0320. The normalized spacial score (nSPS) is 12.6. The van der Waals surface area contributed by atoms with Gasteiger partial charge in [0.1, 0.15) is 0 Å². The Morgan fingerprint density at radius 3 is 0.924 bits per heavy atom. The van der Waals surface area contributed by atoms with Crippen LogP contribution in [0.5, 0.6) is 0 Å². The first-order valence-corrected chi connectivity index (χ1v) is 36.1. The van der Waals surface area contributed by atoms with Crippen LogP contribution in [-0.2, 0) is 14.3 Å². The van der Waals surface area contributed by atoms with Gasteiger partial charge in [-0.25, -0.2) is 0 Å². The van der Waals surface area contributed by atoms with Crippen LogP contribution in [0.3, 0.4) is 0 Å². The van der Waals surface area contributed by atoms with Crippen LogP contribution in [-0.4, -0.2) is 47.4 Å². The molecule has 6 nitrogen and oxygen atoms in total. The van der Waals surface area contributed by atoms with Crippen LogP contribution in [0.4, 0.5) is 0 Å². The number of hydrogen-bond donors (Lipinski definition) is 3.